The molecule has 0 heterocycles. The van der Waals surface area contributed by atoms with Gasteiger partial charge in [0.2, 0.25) is 5.82 Å². The van der Waals surface area contributed by atoms with Crippen molar-refractivity contribution in [2.75, 3.05) is 0 Å². The van der Waals surface area contributed by atoms with E-state index in [1.165, 1.54) is 6.07 Å². The lowest BCUT2D eigenvalue weighted by molar-refractivity contribution is 0.409. The minimum Gasteiger partial charge on any atom is -0.454 e. The van der Waals surface area contributed by atoms with Gasteiger partial charge in [-0.05, 0) is 24.6 Å². The van der Waals surface area contributed by atoms with Gasteiger partial charge in [0, 0.05) is 16.1 Å². The Balaban J connectivity index is 2.40. The molecule has 0 aliphatic rings. The number of hydrogen-bond donors (Lipinski definition) is 1. The minimum atomic E-state index is -1.02. The first-order chi connectivity index (χ1) is 9.52. The summed E-state index contributed by atoms with van der Waals surface area (Å²) in [5.74, 6) is -1.73. The molecule has 5 heteroatoms. The molecule has 0 aliphatic heterocycles. The van der Waals surface area contributed by atoms with Crippen LogP contribution in [0.5, 0.6) is 11.5 Å². The van der Waals surface area contributed by atoms with E-state index in [0.717, 1.165) is 18.1 Å². The molecule has 0 saturated heterocycles. The number of benzene rings is 2. The first kappa shape index (κ1) is 14.9. The predicted octanol–water partition coefficient (Wildman–Crippen LogP) is 4.93. The second kappa shape index (κ2) is 6.33. The van der Waals surface area contributed by atoms with E-state index >= 15 is 0 Å². The highest BCUT2D eigenvalue weighted by Crippen LogP contribution is 2.33. The fourth-order valence-corrected chi connectivity index (χ4v) is 2.23. The molecule has 0 aliphatic carbocycles. The van der Waals surface area contributed by atoms with Crippen molar-refractivity contribution in [3.8, 4) is 11.5 Å². The predicted molar refractivity (Wildman–Crippen MR) is 77.8 cm³/mol. The van der Waals surface area contributed by atoms with Gasteiger partial charge in [-0.25, -0.2) is 4.39 Å². The minimum absolute atomic E-state index is 0.173. The highest BCUT2D eigenvalue weighted by molar-refractivity contribution is 9.10. The van der Waals surface area contributed by atoms with Crippen molar-refractivity contribution in [1.29, 1.82) is 0 Å². The SMILES string of the molecule is CC[C@@H](N)c1ccccc1Oc1cc(Br)cc(F)c1F. The van der Waals surface area contributed by atoms with E-state index in [-0.39, 0.29) is 11.8 Å². The van der Waals surface area contributed by atoms with Crippen molar-refractivity contribution < 1.29 is 13.5 Å². The van der Waals surface area contributed by atoms with Gasteiger partial charge >= 0.3 is 0 Å². The fourth-order valence-electron chi connectivity index (χ4n) is 1.82. The maximum Gasteiger partial charge on any atom is 0.201 e. The first-order valence-electron chi connectivity index (χ1n) is 6.19. The molecule has 0 spiro atoms. The molecule has 106 valence electrons. The van der Waals surface area contributed by atoms with E-state index in [9.17, 15) is 8.78 Å². The molecule has 2 rings (SSSR count). The fraction of sp³-hybridized carbons (Fsp3) is 0.200. The Hall–Kier alpha value is -1.46. The second-order valence-corrected chi connectivity index (χ2v) is 5.27. The van der Waals surface area contributed by atoms with Crippen LogP contribution in [0.4, 0.5) is 8.78 Å². The van der Waals surface area contributed by atoms with Crippen LogP contribution in [0.3, 0.4) is 0 Å². The van der Waals surface area contributed by atoms with Crippen LogP contribution in [-0.4, -0.2) is 0 Å². The Morgan fingerprint density at radius 3 is 2.60 bits per heavy atom. The zero-order valence-electron chi connectivity index (χ0n) is 10.9. The van der Waals surface area contributed by atoms with Gasteiger partial charge in [0.25, 0.3) is 0 Å². The third kappa shape index (κ3) is 3.16. The average Bonchev–Trinajstić information content (AvgIpc) is 2.44. The maximum absolute atomic E-state index is 13.7. The summed E-state index contributed by atoms with van der Waals surface area (Å²) in [5, 5.41) is 0. The largest absolute Gasteiger partial charge is 0.454 e. The summed E-state index contributed by atoms with van der Waals surface area (Å²) >= 11 is 3.11. The second-order valence-electron chi connectivity index (χ2n) is 4.35. The monoisotopic (exact) mass is 341 g/mol. The van der Waals surface area contributed by atoms with Crippen LogP contribution in [-0.2, 0) is 0 Å². The van der Waals surface area contributed by atoms with Gasteiger partial charge in [0.15, 0.2) is 11.6 Å². The molecule has 2 nitrogen and oxygen atoms in total. The van der Waals surface area contributed by atoms with E-state index in [1.54, 1.807) is 12.1 Å². The number of hydrogen-bond acceptors (Lipinski definition) is 2. The molecule has 20 heavy (non-hydrogen) atoms. The van der Waals surface area contributed by atoms with Gasteiger partial charge in [-0.3, -0.25) is 0 Å². The molecule has 1 atom stereocenters. The molecule has 0 fully saturated rings. The van der Waals surface area contributed by atoms with Gasteiger partial charge in [0.1, 0.15) is 5.75 Å². The van der Waals surface area contributed by atoms with Crippen molar-refractivity contribution in [1.82, 2.24) is 0 Å². The summed E-state index contributed by atoms with van der Waals surface area (Å²) in [4.78, 5) is 0. The van der Waals surface area contributed by atoms with Gasteiger partial charge in [-0.15, -0.1) is 0 Å². The van der Waals surface area contributed by atoms with Crippen molar-refractivity contribution >= 4 is 15.9 Å². The summed E-state index contributed by atoms with van der Waals surface area (Å²) < 4.78 is 33.0. The van der Waals surface area contributed by atoms with Crippen LogP contribution in [0.2, 0.25) is 0 Å². The van der Waals surface area contributed by atoms with Crippen molar-refractivity contribution in [2.24, 2.45) is 5.73 Å². The van der Waals surface area contributed by atoms with Crippen LogP contribution in [0.15, 0.2) is 40.9 Å². The van der Waals surface area contributed by atoms with Crippen LogP contribution in [0.1, 0.15) is 24.9 Å². The molecule has 0 radical (unpaired) electrons. The third-order valence-electron chi connectivity index (χ3n) is 2.94. The van der Waals surface area contributed by atoms with E-state index in [1.807, 2.05) is 19.1 Å². The number of rotatable bonds is 4. The Morgan fingerprint density at radius 2 is 1.90 bits per heavy atom. The highest BCUT2D eigenvalue weighted by Gasteiger charge is 2.15. The highest BCUT2D eigenvalue weighted by atomic mass is 79.9. The molecule has 0 amide bonds. The standard InChI is InChI=1S/C15H14BrF2NO/c1-2-12(19)10-5-3-4-6-13(10)20-14-8-9(16)7-11(17)15(14)18/h3-8,12H,2,19H2,1H3/t12-/m1/s1. The lowest BCUT2D eigenvalue weighted by Gasteiger charge is -2.16. The molecule has 0 bridgehead atoms. The lowest BCUT2D eigenvalue weighted by atomic mass is 10.0. The van der Waals surface area contributed by atoms with Crippen molar-refractivity contribution in [3.63, 3.8) is 0 Å². The Kier molecular flexibility index (Phi) is 4.73. The Labute approximate surface area is 124 Å². The van der Waals surface area contributed by atoms with Crippen LogP contribution < -0.4 is 10.5 Å². The summed E-state index contributed by atoms with van der Waals surface area (Å²) in [6, 6.07) is 9.30. The number of halogens is 3. The lowest BCUT2D eigenvalue weighted by Crippen LogP contribution is -2.10. The molecule has 2 N–H and O–H groups in total. The first-order valence-corrected chi connectivity index (χ1v) is 6.99. The summed E-state index contributed by atoms with van der Waals surface area (Å²) in [7, 11) is 0. The number of ether oxygens (including phenoxy) is 1. The summed E-state index contributed by atoms with van der Waals surface area (Å²) in [6.45, 7) is 1.95. The number of nitrogens with two attached hydrogens (primary N) is 1. The van der Waals surface area contributed by atoms with Crippen molar-refractivity contribution in [2.45, 2.75) is 19.4 Å². The quantitative estimate of drug-likeness (QED) is 0.800. The Morgan fingerprint density at radius 1 is 1.20 bits per heavy atom. The van der Waals surface area contributed by atoms with Gasteiger partial charge in [-0.1, -0.05) is 41.1 Å². The van der Waals surface area contributed by atoms with E-state index in [4.69, 9.17) is 10.5 Å². The molecule has 2 aromatic rings. The zero-order valence-corrected chi connectivity index (χ0v) is 12.5. The smallest absolute Gasteiger partial charge is 0.201 e. The van der Waals surface area contributed by atoms with Crippen molar-refractivity contribution in [3.05, 3.63) is 58.1 Å². The van der Waals surface area contributed by atoms with Gasteiger partial charge in [-0.2, -0.15) is 4.39 Å². The average molecular weight is 342 g/mol. The maximum atomic E-state index is 13.7. The normalized spacial score (nSPS) is 12.2. The van der Waals surface area contributed by atoms with Crippen LogP contribution in [0.25, 0.3) is 0 Å². The molecular weight excluding hydrogens is 328 g/mol. The van der Waals surface area contributed by atoms with Crippen LogP contribution >= 0.6 is 15.9 Å². The molecule has 0 unspecified atom stereocenters. The molecule has 0 aromatic heterocycles. The van der Waals surface area contributed by atoms with E-state index < -0.39 is 11.6 Å². The van der Waals surface area contributed by atoms with Gasteiger partial charge < -0.3 is 10.5 Å². The number of para-hydroxylation sites is 1. The third-order valence-corrected chi connectivity index (χ3v) is 3.40. The molecular formula is C15H14BrF2NO. The molecule has 2 aromatic carbocycles. The molecule has 0 saturated carbocycles. The Bertz CT molecular complexity index is 619. The van der Waals surface area contributed by atoms with E-state index in [2.05, 4.69) is 15.9 Å². The van der Waals surface area contributed by atoms with Crippen LogP contribution in [0, 0.1) is 11.6 Å². The van der Waals surface area contributed by atoms with E-state index in [0.29, 0.717) is 10.2 Å². The van der Waals surface area contributed by atoms with Gasteiger partial charge in [0.05, 0.1) is 0 Å². The topological polar surface area (TPSA) is 35.2 Å². The summed E-state index contributed by atoms with van der Waals surface area (Å²) in [5.41, 5.74) is 6.75. The zero-order chi connectivity index (χ0) is 14.7. The summed E-state index contributed by atoms with van der Waals surface area (Å²) in [6.07, 6.45) is 0.718.